The highest BCUT2D eigenvalue weighted by molar-refractivity contribution is 6.03. The number of rotatable bonds is 4. The Morgan fingerprint density at radius 3 is 2.72 bits per heavy atom. The normalized spacial score (nSPS) is 11.7. The molecule has 0 amide bonds. The van der Waals surface area contributed by atoms with Crippen LogP contribution in [0.5, 0.6) is 0 Å². The van der Waals surface area contributed by atoms with Gasteiger partial charge in [0.15, 0.2) is 5.78 Å². The van der Waals surface area contributed by atoms with E-state index >= 15 is 0 Å². The van der Waals surface area contributed by atoms with Crippen molar-refractivity contribution in [2.45, 2.75) is 20.4 Å². The molecule has 96 valence electrons. The number of fused-ring (bicyclic) bond motifs is 1. The average molecular weight is 245 g/mol. The lowest BCUT2D eigenvalue weighted by Gasteiger charge is -2.09. The van der Waals surface area contributed by atoms with E-state index < -0.39 is 0 Å². The SMILES string of the molecule is CC(C)C(=O)c1cnn2cc(CN(C)C)ccc12. The molecule has 0 spiro atoms. The largest absolute Gasteiger partial charge is 0.305 e. The first-order valence-corrected chi connectivity index (χ1v) is 6.14. The Kier molecular flexibility index (Phi) is 3.48. The fourth-order valence-electron chi connectivity index (χ4n) is 1.99. The minimum Gasteiger partial charge on any atom is -0.305 e. The minimum atomic E-state index is -0.000508. The van der Waals surface area contributed by atoms with Crippen LogP contribution in [0.2, 0.25) is 0 Å². The fraction of sp³-hybridized carbons (Fsp3) is 0.429. The van der Waals surface area contributed by atoms with Gasteiger partial charge in [0.2, 0.25) is 0 Å². The summed E-state index contributed by atoms with van der Waals surface area (Å²) in [5, 5.41) is 4.27. The molecule has 4 nitrogen and oxygen atoms in total. The molecule has 0 bridgehead atoms. The molecule has 0 aliphatic carbocycles. The minimum absolute atomic E-state index is 0.000508. The third-order valence-electron chi connectivity index (χ3n) is 2.87. The molecular weight excluding hydrogens is 226 g/mol. The maximum absolute atomic E-state index is 12.0. The average Bonchev–Trinajstić information content (AvgIpc) is 2.69. The summed E-state index contributed by atoms with van der Waals surface area (Å²) in [5.41, 5.74) is 2.77. The van der Waals surface area contributed by atoms with E-state index in [9.17, 15) is 4.79 Å². The van der Waals surface area contributed by atoms with Crippen LogP contribution in [-0.2, 0) is 6.54 Å². The lowest BCUT2D eigenvalue weighted by Crippen LogP contribution is -2.11. The van der Waals surface area contributed by atoms with Gasteiger partial charge < -0.3 is 4.90 Å². The van der Waals surface area contributed by atoms with Crippen LogP contribution < -0.4 is 0 Å². The number of carbonyl (C=O) groups excluding carboxylic acids is 1. The Bertz CT molecular complexity index is 569. The molecular formula is C14H19N3O. The highest BCUT2D eigenvalue weighted by Gasteiger charge is 2.15. The van der Waals surface area contributed by atoms with Gasteiger partial charge in [0.25, 0.3) is 0 Å². The van der Waals surface area contributed by atoms with Gasteiger partial charge in [0.05, 0.1) is 17.3 Å². The third kappa shape index (κ3) is 2.43. The topological polar surface area (TPSA) is 37.6 Å². The van der Waals surface area contributed by atoms with Crippen LogP contribution in [-0.4, -0.2) is 34.4 Å². The van der Waals surface area contributed by atoms with E-state index in [0.717, 1.165) is 12.1 Å². The highest BCUT2D eigenvalue weighted by Crippen LogP contribution is 2.16. The van der Waals surface area contributed by atoms with Crippen LogP contribution >= 0.6 is 0 Å². The summed E-state index contributed by atoms with van der Waals surface area (Å²) in [6.07, 6.45) is 3.64. The molecule has 2 aromatic rings. The second kappa shape index (κ2) is 4.90. The highest BCUT2D eigenvalue weighted by atomic mass is 16.1. The molecule has 2 rings (SSSR count). The molecule has 0 aliphatic rings. The van der Waals surface area contributed by atoms with Crippen LogP contribution in [0.1, 0.15) is 29.8 Å². The summed E-state index contributed by atoms with van der Waals surface area (Å²) in [6, 6.07) is 4.02. The van der Waals surface area contributed by atoms with E-state index in [1.165, 1.54) is 5.56 Å². The standard InChI is InChI=1S/C14H19N3O/c1-10(2)14(18)12-7-15-17-9-11(8-16(3)4)5-6-13(12)17/h5-7,9-10H,8H2,1-4H3. The number of carbonyl (C=O) groups is 1. The molecule has 0 N–H and O–H groups in total. The summed E-state index contributed by atoms with van der Waals surface area (Å²) >= 11 is 0. The van der Waals surface area contributed by atoms with Crippen molar-refractivity contribution in [3.05, 3.63) is 35.7 Å². The molecule has 0 radical (unpaired) electrons. The Hall–Kier alpha value is -1.68. The predicted molar refractivity (Wildman–Crippen MR) is 71.8 cm³/mol. The lowest BCUT2D eigenvalue weighted by atomic mass is 10.0. The number of hydrogen-bond donors (Lipinski definition) is 0. The van der Waals surface area contributed by atoms with Crippen molar-refractivity contribution < 1.29 is 4.79 Å². The Balaban J connectivity index is 2.40. The van der Waals surface area contributed by atoms with Crippen LogP contribution in [0.25, 0.3) is 5.52 Å². The number of ketones is 1. The van der Waals surface area contributed by atoms with E-state index in [-0.39, 0.29) is 11.7 Å². The van der Waals surface area contributed by atoms with Gasteiger partial charge >= 0.3 is 0 Å². The van der Waals surface area contributed by atoms with Gasteiger partial charge in [-0.2, -0.15) is 5.10 Å². The number of Topliss-reactive ketones (excluding diaryl/α,β-unsaturated/α-hetero) is 1. The molecule has 0 aliphatic heterocycles. The maximum atomic E-state index is 12.0. The van der Waals surface area contributed by atoms with Crippen LogP contribution in [0.3, 0.4) is 0 Å². The summed E-state index contributed by atoms with van der Waals surface area (Å²) in [4.78, 5) is 14.1. The number of aromatic nitrogens is 2. The van der Waals surface area contributed by atoms with Gasteiger partial charge in [0, 0.05) is 18.7 Å². The van der Waals surface area contributed by atoms with Crippen LogP contribution in [0, 0.1) is 5.92 Å². The Labute approximate surface area is 107 Å². The van der Waals surface area contributed by atoms with E-state index in [4.69, 9.17) is 0 Å². The Morgan fingerprint density at radius 1 is 1.39 bits per heavy atom. The maximum Gasteiger partial charge on any atom is 0.169 e. The summed E-state index contributed by atoms with van der Waals surface area (Å²) in [7, 11) is 4.06. The lowest BCUT2D eigenvalue weighted by molar-refractivity contribution is 0.0941. The van der Waals surface area contributed by atoms with Gasteiger partial charge in [-0.1, -0.05) is 19.9 Å². The van der Waals surface area contributed by atoms with Crippen molar-refractivity contribution in [2.24, 2.45) is 5.92 Å². The van der Waals surface area contributed by atoms with E-state index in [1.54, 1.807) is 10.7 Å². The zero-order valence-electron chi connectivity index (χ0n) is 11.3. The van der Waals surface area contributed by atoms with Crippen LogP contribution in [0.4, 0.5) is 0 Å². The molecule has 0 unspecified atom stereocenters. The van der Waals surface area contributed by atoms with Gasteiger partial charge in [-0.05, 0) is 25.7 Å². The first-order valence-electron chi connectivity index (χ1n) is 6.14. The zero-order chi connectivity index (χ0) is 13.3. The van der Waals surface area contributed by atoms with Crippen molar-refractivity contribution >= 4 is 11.3 Å². The second-order valence-corrected chi connectivity index (χ2v) is 5.18. The predicted octanol–water partition coefficient (Wildman–Crippen LogP) is 2.23. The smallest absolute Gasteiger partial charge is 0.169 e. The molecule has 0 fully saturated rings. The monoisotopic (exact) mass is 245 g/mol. The summed E-state index contributed by atoms with van der Waals surface area (Å²) in [5.74, 6) is 0.143. The van der Waals surface area contributed by atoms with Gasteiger partial charge in [0.1, 0.15) is 0 Å². The first-order chi connectivity index (χ1) is 8.49. The third-order valence-corrected chi connectivity index (χ3v) is 2.87. The van der Waals surface area contributed by atoms with Gasteiger partial charge in [-0.15, -0.1) is 0 Å². The molecule has 0 atom stereocenters. The fourth-order valence-corrected chi connectivity index (χ4v) is 1.99. The summed E-state index contributed by atoms with van der Waals surface area (Å²) in [6.45, 7) is 4.68. The molecule has 0 aromatic carbocycles. The first kappa shape index (κ1) is 12.8. The van der Waals surface area contributed by atoms with Crippen LogP contribution in [0.15, 0.2) is 24.5 Å². The molecule has 18 heavy (non-hydrogen) atoms. The second-order valence-electron chi connectivity index (χ2n) is 5.18. The van der Waals surface area contributed by atoms with E-state index in [0.29, 0.717) is 5.56 Å². The van der Waals surface area contributed by atoms with Crippen molar-refractivity contribution in [3.8, 4) is 0 Å². The molecule has 0 saturated heterocycles. The summed E-state index contributed by atoms with van der Waals surface area (Å²) < 4.78 is 1.79. The van der Waals surface area contributed by atoms with Crippen molar-refractivity contribution in [3.63, 3.8) is 0 Å². The number of nitrogens with zero attached hydrogens (tertiary/aromatic N) is 3. The van der Waals surface area contributed by atoms with Gasteiger partial charge in [-0.3, -0.25) is 4.79 Å². The van der Waals surface area contributed by atoms with Crippen molar-refractivity contribution in [1.29, 1.82) is 0 Å². The van der Waals surface area contributed by atoms with E-state index in [1.807, 2.05) is 46.3 Å². The van der Waals surface area contributed by atoms with E-state index in [2.05, 4.69) is 10.00 Å². The van der Waals surface area contributed by atoms with Gasteiger partial charge in [-0.25, -0.2) is 4.52 Å². The molecule has 2 aromatic heterocycles. The quantitative estimate of drug-likeness (QED) is 0.775. The molecule has 2 heterocycles. The Morgan fingerprint density at radius 2 is 2.11 bits per heavy atom. The zero-order valence-corrected chi connectivity index (χ0v) is 11.3. The van der Waals surface area contributed by atoms with Crippen molar-refractivity contribution in [1.82, 2.24) is 14.5 Å². The number of hydrogen-bond acceptors (Lipinski definition) is 3. The molecule has 4 heteroatoms. The molecule has 0 saturated carbocycles. The van der Waals surface area contributed by atoms with Crippen molar-refractivity contribution in [2.75, 3.05) is 14.1 Å². The number of pyridine rings is 1.